The van der Waals surface area contributed by atoms with Crippen LogP contribution in [0.3, 0.4) is 0 Å². The van der Waals surface area contributed by atoms with Crippen LogP contribution in [0.25, 0.3) is 87.2 Å². The lowest BCUT2D eigenvalue weighted by Gasteiger charge is -2.22. The van der Waals surface area contributed by atoms with Crippen LogP contribution in [-0.4, -0.2) is 0 Å². The highest BCUT2D eigenvalue weighted by Gasteiger charge is 2.21. The van der Waals surface area contributed by atoms with Gasteiger partial charge in [0.2, 0.25) is 0 Å². The van der Waals surface area contributed by atoms with Gasteiger partial charge in [-0.05, 0) is 110 Å². The Morgan fingerprint density at radius 1 is 0.383 bits per heavy atom. The van der Waals surface area contributed by atoms with Crippen molar-refractivity contribution in [1.82, 2.24) is 0 Å². The molecule has 0 spiro atoms. The molecule has 0 bridgehead atoms. The lowest BCUT2D eigenvalue weighted by molar-refractivity contribution is 0.590. The van der Waals surface area contributed by atoms with Crippen molar-refractivity contribution < 1.29 is 4.39 Å². The molecule has 0 amide bonds. The Morgan fingerprint density at radius 2 is 0.830 bits per heavy atom. The first kappa shape index (κ1) is 27.8. The maximum atomic E-state index is 13.8. The molecule has 9 aromatic rings. The first-order valence-corrected chi connectivity index (χ1v) is 16.4. The molecule has 47 heavy (non-hydrogen) atoms. The van der Waals surface area contributed by atoms with E-state index in [9.17, 15) is 4.39 Å². The van der Waals surface area contributed by atoms with E-state index in [0.717, 1.165) is 11.1 Å². The van der Waals surface area contributed by atoms with Gasteiger partial charge < -0.3 is 0 Å². The van der Waals surface area contributed by atoms with E-state index >= 15 is 0 Å². The quantitative estimate of drug-likeness (QED) is 0.139. The minimum atomic E-state index is -0.219. The zero-order valence-electron chi connectivity index (χ0n) is 26.7. The van der Waals surface area contributed by atoms with Gasteiger partial charge in [-0.1, -0.05) is 154 Å². The molecule has 0 fully saturated rings. The van der Waals surface area contributed by atoms with Crippen molar-refractivity contribution in [1.29, 1.82) is 0 Å². The highest BCUT2D eigenvalue weighted by Crippen LogP contribution is 2.48. The summed E-state index contributed by atoms with van der Waals surface area (Å²) in [6, 6.07) is 51.8. The Kier molecular flexibility index (Phi) is 6.05. The fourth-order valence-corrected chi connectivity index (χ4v) is 7.77. The molecule has 0 aliphatic heterocycles. The normalized spacial score (nSPS) is 12.3. The average molecular weight is 605 g/mol. The van der Waals surface area contributed by atoms with Crippen molar-refractivity contribution in [2.45, 2.75) is 26.2 Å². The maximum Gasteiger partial charge on any atom is 0.123 e. The molecule has 0 saturated carbocycles. The van der Waals surface area contributed by atoms with Gasteiger partial charge in [-0.25, -0.2) is 4.39 Å². The first-order valence-electron chi connectivity index (χ1n) is 16.4. The number of benzene rings is 9. The summed E-state index contributed by atoms with van der Waals surface area (Å²) in [4.78, 5) is 0. The van der Waals surface area contributed by atoms with Gasteiger partial charge in [0.05, 0.1) is 0 Å². The van der Waals surface area contributed by atoms with Gasteiger partial charge in [-0.15, -0.1) is 0 Å². The predicted molar refractivity (Wildman–Crippen MR) is 200 cm³/mol. The minimum absolute atomic E-state index is 0.0985. The fourth-order valence-electron chi connectivity index (χ4n) is 7.77. The zero-order chi connectivity index (χ0) is 31.9. The Hall–Kier alpha value is -5.53. The largest absolute Gasteiger partial charge is 0.207 e. The molecule has 0 saturated heterocycles. The van der Waals surface area contributed by atoms with E-state index in [1.807, 2.05) is 12.1 Å². The monoisotopic (exact) mass is 604 g/mol. The van der Waals surface area contributed by atoms with Crippen LogP contribution in [0.5, 0.6) is 0 Å². The molecule has 0 heterocycles. The van der Waals surface area contributed by atoms with E-state index < -0.39 is 0 Å². The summed E-state index contributed by atoms with van der Waals surface area (Å²) in [5, 5.41) is 12.4. The average Bonchev–Trinajstić information content (AvgIpc) is 3.09. The molecular weight excluding hydrogens is 572 g/mol. The summed E-state index contributed by atoms with van der Waals surface area (Å²) in [5.41, 5.74) is 8.60. The number of fused-ring (bicyclic) bond motifs is 2. The van der Waals surface area contributed by atoms with Crippen molar-refractivity contribution in [3.8, 4) is 33.4 Å². The Bertz CT molecular complexity index is 2580. The zero-order valence-corrected chi connectivity index (χ0v) is 26.7. The van der Waals surface area contributed by atoms with Crippen molar-refractivity contribution in [3.05, 3.63) is 157 Å². The molecule has 0 aliphatic rings. The van der Waals surface area contributed by atoms with Crippen LogP contribution in [0.15, 0.2) is 146 Å². The molecule has 0 nitrogen and oxygen atoms in total. The molecule has 9 aromatic carbocycles. The second kappa shape index (κ2) is 10.2. The molecule has 9 rings (SSSR count). The molecule has 0 aromatic heterocycles. The Morgan fingerprint density at radius 3 is 1.36 bits per heavy atom. The summed E-state index contributed by atoms with van der Waals surface area (Å²) < 4.78 is 13.8. The van der Waals surface area contributed by atoms with Gasteiger partial charge in [-0.3, -0.25) is 0 Å². The van der Waals surface area contributed by atoms with Gasteiger partial charge in [0.25, 0.3) is 0 Å². The van der Waals surface area contributed by atoms with Gasteiger partial charge in [0, 0.05) is 0 Å². The van der Waals surface area contributed by atoms with E-state index in [-0.39, 0.29) is 11.2 Å². The van der Waals surface area contributed by atoms with Crippen LogP contribution in [0.2, 0.25) is 0 Å². The second-order valence-corrected chi connectivity index (χ2v) is 13.8. The Labute approximate surface area is 274 Å². The number of halogens is 1. The summed E-state index contributed by atoms with van der Waals surface area (Å²) in [5.74, 6) is -0.219. The molecule has 0 atom stereocenters. The predicted octanol–water partition coefficient (Wildman–Crippen LogP) is 13.3. The molecule has 224 valence electrons. The topological polar surface area (TPSA) is 0 Å². The molecule has 0 unspecified atom stereocenters. The van der Waals surface area contributed by atoms with Gasteiger partial charge in [0.1, 0.15) is 5.82 Å². The van der Waals surface area contributed by atoms with E-state index in [4.69, 9.17) is 0 Å². The van der Waals surface area contributed by atoms with Crippen LogP contribution in [0, 0.1) is 5.82 Å². The lowest BCUT2D eigenvalue weighted by atomic mass is 9.82. The lowest BCUT2D eigenvalue weighted by Crippen LogP contribution is -2.10. The molecular formula is C46H33F. The van der Waals surface area contributed by atoms with Gasteiger partial charge >= 0.3 is 0 Å². The standard InChI is InChI=1S/C46H33F/c1-46(2,3)32-20-12-29(13-21-32)42-35-8-4-6-10-37(35)45(38-11-7-5-9-36(38)42)41-27-19-31-17-25-39-34(28-14-22-33(47)23-15-28)24-16-30-18-26-40(41)44(31)43(30)39/h4-27H,1-3H3. The van der Waals surface area contributed by atoms with Gasteiger partial charge in [0.15, 0.2) is 0 Å². The highest BCUT2D eigenvalue weighted by atomic mass is 19.1. The smallest absolute Gasteiger partial charge is 0.123 e. The summed E-state index contributed by atoms with van der Waals surface area (Å²) in [6.45, 7) is 6.80. The SMILES string of the molecule is CC(C)(C)c1ccc(-c2c3ccccc3c(-c3ccc4ccc5c(-c6ccc(F)cc6)ccc6ccc3c4c65)c3ccccc23)cc1. The van der Waals surface area contributed by atoms with Crippen molar-refractivity contribution in [2.24, 2.45) is 0 Å². The molecule has 0 radical (unpaired) electrons. The van der Waals surface area contributed by atoms with Crippen LogP contribution in [0.4, 0.5) is 4.39 Å². The summed E-state index contributed by atoms with van der Waals surface area (Å²) >= 11 is 0. The van der Waals surface area contributed by atoms with E-state index in [0.29, 0.717) is 0 Å². The van der Waals surface area contributed by atoms with Crippen LogP contribution < -0.4 is 0 Å². The van der Waals surface area contributed by atoms with Gasteiger partial charge in [-0.2, -0.15) is 0 Å². The van der Waals surface area contributed by atoms with Crippen LogP contribution >= 0.6 is 0 Å². The third-order valence-electron chi connectivity index (χ3n) is 10.1. The third-order valence-corrected chi connectivity index (χ3v) is 10.1. The van der Waals surface area contributed by atoms with E-state index in [1.165, 1.54) is 81.7 Å². The van der Waals surface area contributed by atoms with E-state index in [1.54, 1.807) is 12.1 Å². The second-order valence-electron chi connectivity index (χ2n) is 13.8. The number of rotatable bonds is 3. The Balaban J connectivity index is 1.36. The minimum Gasteiger partial charge on any atom is -0.207 e. The third kappa shape index (κ3) is 4.27. The fraction of sp³-hybridized carbons (Fsp3) is 0.0870. The van der Waals surface area contributed by atoms with Crippen LogP contribution in [0.1, 0.15) is 26.3 Å². The first-order chi connectivity index (χ1) is 22.9. The molecule has 1 heteroatoms. The summed E-state index contributed by atoms with van der Waals surface area (Å²) in [6.07, 6.45) is 0. The van der Waals surface area contributed by atoms with Crippen LogP contribution in [-0.2, 0) is 5.41 Å². The highest BCUT2D eigenvalue weighted by molar-refractivity contribution is 6.30. The van der Waals surface area contributed by atoms with Crippen molar-refractivity contribution in [3.63, 3.8) is 0 Å². The maximum absolute atomic E-state index is 13.8. The molecule has 0 aliphatic carbocycles. The number of hydrogen-bond donors (Lipinski definition) is 0. The van der Waals surface area contributed by atoms with Crippen molar-refractivity contribution in [2.75, 3.05) is 0 Å². The summed E-state index contributed by atoms with van der Waals surface area (Å²) in [7, 11) is 0. The molecule has 0 N–H and O–H groups in total. The van der Waals surface area contributed by atoms with Crippen molar-refractivity contribution >= 4 is 53.9 Å². The number of hydrogen-bond acceptors (Lipinski definition) is 0. The van der Waals surface area contributed by atoms with E-state index in [2.05, 4.69) is 142 Å².